The van der Waals surface area contributed by atoms with Crippen molar-refractivity contribution in [3.8, 4) is 5.75 Å². The van der Waals surface area contributed by atoms with Gasteiger partial charge in [-0.15, -0.1) is 0 Å². The molecule has 1 amide bonds. The molecule has 0 fully saturated rings. The van der Waals surface area contributed by atoms with E-state index in [1.165, 1.54) is 13.0 Å². The second kappa shape index (κ2) is 9.20. The van der Waals surface area contributed by atoms with Gasteiger partial charge in [0.2, 0.25) is 0 Å². The summed E-state index contributed by atoms with van der Waals surface area (Å²) in [5, 5.41) is 15.9. The van der Waals surface area contributed by atoms with Crippen molar-refractivity contribution in [2.75, 3.05) is 0 Å². The van der Waals surface area contributed by atoms with Crippen LogP contribution in [0.25, 0.3) is 21.9 Å². The molecule has 170 valence electrons. The van der Waals surface area contributed by atoms with Gasteiger partial charge in [0, 0.05) is 41.0 Å². The minimum atomic E-state index is -1.39. The quantitative estimate of drug-likeness (QED) is 0.399. The minimum Gasteiger partial charge on any atom is -0.548 e. The number of aromatic amines is 1. The number of fused-ring (bicyclic) bond motifs is 2. The molecule has 8 heteroatoms. The zero-order valence-electron chi connectivity index (χ0n) is 18.2. The number of hydrogen-bond donors (Lipinski definition) is 2. The highest BCUT2D eigenvalue weighted by Crippen LogP contribution is 2.24. The molecule has 8 nitrogen and oxygen atoms in total. The number of aryl methyl sites for hydroxylation is 1. The number of hydrogen-bond acceptors (Lipinski definition) is 6. The number of H-pyrrole nitrogens is 1. The zero-order valence-corrected chi connectivity index (χ0v) is 18.2. The lowest BCUT2D eigenvalue weighted by atomic mass is 10.0. The molecule has 2 N–H and O–H groups in total. The number of ether oxygens (including phenoxy) is 1. The number of aromatic nitrogens is 1. The van der Waals surface area contributed by atoms with E-state index in [0.29, 0.717) is 17.8 Å². The highest BCUT2D eigenvalue weighted by molar-refractivity contribution is 5.88. The van der Waals surface area contributed by atoms with Crippen LogP contribution in [0.1, 0.15) is 25.0 Å². The summed E-state index contributed by atoms with van der Waals surface area (Å²) in [4.78, 5) is 39.2. The molecular weight excluding hydrogens is 424 g/mol. The van der Waals surface area contributed by atoms with E-state index >= 15 is 0 Å². The molecule has 4 aromatic rings. The topological polar surface area (TPSA) is 124 Å². The van der Waals surface area contributed by atoms with Crippen molar-refractivity contribution in [1.82, 2.24) is 10.3 Å². The van der Waals surface area contributed by atoms with Crippen molar-refractivity contribution in [1.29, 1.82) is 0 Å². The van der Waals surface area contributed by atoms with Crippen molar-refractivity contribution in [3.05, 3.63) is 76.3 Å². The van der Waals surface area contributed by atoms with Crippen LogP contribution in [0, 0.1) is 0 Å². The Hall–Kier alpha value is -4.07. The number of carboxylic acid groups (broad SMARTS) is 1. The Morgan fingerprint density at radius 2 is 1.91 bits per heavy atom. The van der Waals surface area contributed by atoms with E-state index in [0.717, 1.165) is 27.4 Å². The lowest BCUT2D eigenvalue weighted by Crippen LogP contribution is -2.52. The molecule has 0 aliphatic heterocycles. The number of carbonyl (C=O) groups is 2. The van der Waals surface area contributed by atoms with Crippen LogP contribution < -0.4 is 20.8 Å². The van der Waals surface area contributed by atoms with Gasteiger partial charge >= 0.3 is 5.63 Å². The largest absolute Gasteiger partial charge is 0.548 e. The predicted octanol–water partition coefficient (Wildman–Crippen LogP) is 2.08. The monoisotopic (exact) mass is 447 g/mol. The van der Waals surface area contributed by atoms with Crippen molar-refractivity contribution in [2.24, 2.45) is 0 Å². The smallest absolute Gasteiger partial charge is 0.336 e. The first-order valence-corrected chi connectivity index (χ1v) is 10.7. The van der Waals surface area contributed by atoms with Crippen LogP contribution >= 0.6 is 0 Å². The Kier molecular flexibility index (Phi) is 6.17. The third-order valence-corrected chi connectivity index (χ3v) is 5.56. The summed E-state index contributed by atoms with van der Waals surface area (Å²) >= 11 is 0. The lowest BCUT2D eigenvalue weighted by Gasteiger charge is -2.22. The van der Waals surface area contributed by atoms with E-state index in [2.05, 4.69) is 10.3 Å². The molecule has 0 saturated heterocycles. The Labute approximate surface area is 189 Å². The van der Waals surface area contributed by atoms with E-state index in [1.807, 2.05) is 31.2 Å². The summed E-state index contributed by atoms with van der Waals surface area (Å²) in [7, 11) is 0. The first kappa shape index (κ1) is 22.1. The number of rotatable bonds is 8. The van der Waals surface area contributed by atoms with Crippen LogP contribution in [0.5, 0.6) is 5.75 Å². The molecule has 0 unspecified atom stereocenters. The van der Waals surface area contributed by atoms with Gasteiger partial charge in [-0.2, -0.15) is 0 Å². The van der Waals surface area contributed by atoms with Crippen LogP contribution in [0.15, 0.2) is 63.9 Å². The standard InChI is InChI=1S/C25H24N2O6/c1-3-15-11-23(28)33-22-12-17(8-9-19(15)22)32-14(2)24(29)27-21(25(30)31)10-16-13-26-20-7-5-4-6-18(16)20/h4-9,11-14,21,26H,3,10H2,1-2H3,(H,27,29)(H,30,31)/p-1/t14-,21+/m1/s1. The van der Waals surface area contributed by atoms with E-state index < -0.39 is 29.6 Å². The maximum absolute atomic E-state index is 12.7. The van der Waals surface area contributed by atoms with Gasteiger partial charge in [0.15, 0.2) is 6.10 Å². The Morgan fingerprint density at radius 1 is 1.12 bits per heavy atom. The minimum absolute atomic E-state index is 0.0612. The van der Waals surface area contributed by atoms with Crippen molar-refractivity contribution >= 4 is 33.7 Å². The molecule has 0 radical (unpaired) electrons. The van der Waals surface area contributed by atoms with E-state index in [4.69, 9.17) is 9.15 Å². The summed E-state index contributed by atoms with van der Waals surface area (Å²) in [6, 6.07) is 12.7. The van der Waals surface area contributed by atoms with Gasteiger partial charge in [0.05, 0.1) is 12.0 Å². The van der Waals surface area contributed by atoms with Crippen LogP contribution in [-0.2, 0) is 22.4 Å². The predicted molar refractivity (Wildman–Crippen MR) is 121 cm³/mol. The molecule has 0 saturated carbocycles. The van der Waals surface area contributed by atoms with Crippen LogP contribution in [0.3, 0.4) is 0 Å². The van der Waals surface area contributed by atoms with Gasteiger partial charge in [-0.25, -0.2) is 4.79 Å². The SMILES string of the molecule is CCc1cc(=O)oc2cc(O[C@H](C)C(=O)N[C@@H](Cc3c[nH]c4ccccc34)C(=O)[O-])ccc12. The van der Waals surface area contributed by atoms with Gasteiger partial charge in [0.25, 0.3) is 5.91 Å². The fourth-order valence-electron chi connectivity index (χ4n) is 3.84. The fraction of sp³-hybridized carbons (Fsp3) is 0.240. The molecule has 0 aliphatic rings. The Balaban J connectivity index is 1.47. The molecule has 2 aromatic carbocycles. The Bertz CT molecular complexity index is 1390. The highest BCUT2D eigenvalue weighted by Gasteiger charge is 2.21. The molecule has 33 heavy (non-hydrogen) atoms. The van der Waals surface area contributed by atoms with Crippen LogP contribution in [0.4, 0.5) is 0 Å². The number of para-hydroxylation sites is 1. The van der Waals surface area contributed by atoms with Crippen molar-refractivity contribution in [3.63, 3.8) is 0 Å². The third kappa shape index (κ3) is 4.74. The van der Waals surface area contributed by atoms with E-state index in [9.17, 15) is 19.5 Å². The van der Waals surface area contributed by atoms with Crippen molar-refractivity contribution < 1.29 is 23.8 Å². The van der Waals surface area contributed by atoms with Crippen molar-refractivity contribution in [2.45, 2.75) is 38.8 Å². The summed E-state index contributed by atoms with van der Waals surface area (Å²) in [6.07, 6.45) is 1.46. The maximum atomic E-state index is 12.7. The normalized spacial score (nSPS) is 13.0. The molecule has 0 aliphatic carbocycles. The molecule has 4 rings (SSSR count). The number of amides is 1. The highest BCUT2D eigenvalue weighted by atomic mass is 16.5. The average molecular weight is 447 g/mol. The van der Waals surface area contributed by atoms with Crippen LogP contribution in [-0.4, -0.2) is 29.0 Å². The molecule has 2 atom stereocenters. The molecule has 2 aromatic heterocycles. The molecule has 0 spiro atoms. The number of benzene rings is 2. The molecular formula is C25H23N2O6-. The molecule has 2 heterocycles. The summed E-state index contributed by atoms with van der Waals surface area (Å²) in [5.41, 5.74) is 2.38. The van der Waals surface area contributed by atoms with Gasteiger partial charge in [-0.3, -0.25) is 4.79 Å². The van der Waals surface area contributed by atoms with E-state index in [1.54, 1.807) is 24.4 Å². The second-order valence-electron chi connectivity index (χ2n) is 7.81. The van der Waals surface area contributed by atoms with Gasteiger partial charge in [-0.1, -0.05) is 25.1 Å². The average Bonchev–Trinajstić information content (AvgIpc) is 3.20. The Morgan fingerprint density at radius 3 is 2.67 bits per heavy atom. The summed E-state index contributed by atoms with van der Waals surface area (Å²) < 4.78 is 10.9. The second-order valence-corrected chi connectivity index (χ2v) is 7.81. The van der Waals surface area contributed by atoms with Gasteiger partial charge in [0.1, 0.15) is 11.3 Å². The van der Waals surface area contributed by atoms with Gasteiger partial charge < -0.3 is 29.4 Å². The zero-order chi connectivity index (χ0) is 23.5. The number of carbonyl (C=O) groups excluding carboxylic acids is 2. The summed E-state index contributed by atoms with van der Waals surface area (Å²) in [6.45, 7) is 3.45. The molecule has 0 bridgehead atoms. The maximum Gasteiger partial charge on any atom is 0.336 e. The van der Waals surface area contributed by atoms with Crippen LogP contribution in [0.2, 0.25) is 0 Å². The van der Waals surface area contributed by atoms with Gasteiger partial charge in [-0.05, 0) is 42.7 Å². The number of carboxylic acids is 1. The summed E-state index contributed by atoms with van der Waals surface area (Å²) in [5.74, 6) is -1.67. The first-order valence-electron chi connectivity index (χ1n) is 10.7. The number of aliphatic carboxylic acids is 1. The number of nitrogens with one attached hydrogen (secondary N) is 2. The fourth-order valence-corrected chi connectivity index (χ4v) is 3.84. The van der Waals surface area contributed by atoms with E-state index in [-0.39, 0.29) is 6.42 Å². The third-order valence-electron chi connectivity index (χ3n) is 5.56. The first-order chi connectivity index (χ1) is 15.9. The lowest BCUT2D eigenvalue weighted by molar-refractivity contribution is -0.308.